The minimum absolute atomic E-state index is 0.0845. The maximum absolute atomic E-state index is 11.9. The first-order chi connectivity index (χ1) is 8.22. The first kappa shape index (κ1) is 13.9. The molecule has 1 N–H and O–H groups in total. The number of sulfonamides is 1. The van der Waals surface area contributed by atoms with Gasteiger partial charge < -0.3 is 0 Å². The third kappa shape index (κ3) is 2.91. The highest BCUT2D eigenvalue weighted by atomic mass is 35.5. The second-order valence-corrected chi connectivity index (χ2v) is 7.61. The smallest absolute Gasteiger partial charge is 0.264 e. The number of nitrogens with one attached hydrogen (secondary N) is 1. The minimum atomic E-state index is -3.94. The maximum atomic E-state index is 11.9. The van der Waals surface area contributed by atoms with Crippen LogP contribution < -0.4 is 4.72 Å². The Morgan fingerprint density at radius 2 is 2.00 bits per heavy atom. The van der Waals surface area contributed by atoms with Crippen LogP contribution in [0.5, 0.6) is 0 Å². The van der Waals surface area contributed by atoms with Crippen molar-refractivity contribution in [3.63, 3.8) is 0 Å². The van der Waals surface area contributed by atoms with E-state index in [0.717, 1.165) is 0 Å². The number of halogens is 3. The molecule has 0 aliphatic heterocycles. The van der Waals surface area contributed by atoms with E-state index in [1.807, 2.05) is 4.72 Å². The van der Waals surface area contributed by atoms with Gasteiger partial charge in [0.05, 0.1) is 10.8 Å². The molecular weight excluding hydrogens is 321 g/mol. The molecule has 98 valence electrons. The molecule has 18 heavy (non-hydrogen) atoms. The van der Waals surface area contributed by atoms with Crippen LogP contribution in [0, 0.1) is 5.92 Å². The van der Waals surface area contributed by atoms with E-state index in [9.17, 15) is 13.2 Å². The zero-order valence-corrected chi connectivity index (χ0v) is 11.9. The predicted molar refractivity (Wildman–Crippen MR) is 69.3 cm³/mol. The standard InChI is InChI=1S/C10H8Cl3NO3S/c11-6-2-1-3-7(4-6)18(16,17)14-9(15)8-5-10(8,12)13/h1-4,8H,5H2,(H,14,15). The lowest BCUT2D eigenvalue weighted by Crippen LogP contribution is -2.32. The lowest BCUT2D eigenvalue weighted by molar-refractivity contribution is -0.120. The molecule has 0 bridgehead atoms. The summed E-state index contributed by atoms with van der Waals surface area (Å²) >= 11 is 17.1. The Morgan fingerprint density at radius 3 is 2.50 bits per heavy atom. The van der Waals surface area contributed by atoms with Gasteiger partial charge in [-0.1, -0.05) is 17.7 Å². The normalized spacial score (nSPS) is 21.4. The third-order valence-electron chi connectivity index (χ3n) is 2.48. The van der Waals surface area contributed by atoms with Crippen molar-refractivity contribution in [2.45, 2.75) is 15.6 Å². The summed E-state index contributed by atoms with van der Waals surface area (Å²) in [7, 11) is -3.94. The number of rotatable bonds is 3. The molecule has 1 atom stereocenters. The van der Waals surface area contributed by atoms with Crippen LogP contribution in [0.15, 0.2) is 29.2 Å². The van der Waals surface area contributed by atoms with Gasteiger partial charge in [-0.05, 0) is 24.6 Å². The summed E-state index contributed by atoms with van der Waals surface area (Å²) < 4.78 is 24.5. The summed E-state index contributed by atoms with van der Waals surface area (Å²) in [6, 6.07) is 5.60. The van der Waals surface area contributed by atoms with Crippen LogP contribution in [0.2, 0.25) is 5.02 Å². The van der Waals surface area contributed by atoms with Crippen molar-refractivity contribution in [2.24, 2.45) is 5.92 Å². The van der Waals surface area contributed by atoms with Gasteiger partial charge in [-0.15, -0.1) is 23.2 Å². The topological polar surface area (TPSA) is 63.2 Å². The van der Waals surface area contributed by atoms with Gasteiger partial charge >= 0.3 is 0 Å². The van der Waals surface area contributed by atoms with Crippen molar-refractivity contribution >= 4 is 50.7 Å². The average Bonchev–Trinajstić information content (AvgIpc) is 2.87. The lowest BCUT2D eigenvalue weighted by Gasteiger charge is -2.07. The number of hydrogen-bond donors (Lipinski definition) is 1. The summed E-state index contributed by atoms with van der Waals surface area (Å²) in [5.74, 6) is -1.41. The zero-order chi connectivity index (χ0) is 13.6. The van der Waals surface area contributed by atoms with E-state index in [-0.39, 0.29) is 16.3 Å². The average molecular weight is 329 g/mol. The van der Waals surface area contributed by atoms with Crippen molar-refractivity contribution in [1.82, 2.24) is 4.72 Å². The van der Waals surface area contributed by atoms with Gasteiger partial charge in [0.1, 0.15) is 4.33 Å². The van der Waals surface area contributed by atoms with Crippen molar-refractivity contribution in [1.29, 1.82) is 0 Å². The molecule has 1 aliphatic rings. The molecule has 0 aromatic heterocycles. The van der Waals surface area contributed by atoms with Crippen LogP contribution in [-0.2, 0) is 14.8 Å². The number of hydrogen-bond acceptors (Lipinski definition) is 3. The summed E-state index contributed by atoms with van der Waals surface area (Å²) in [5, 5.41) is 0.265. The third-order valence-corrected chi connectivity index (χ3v) is 4.90. The molecule has 4 nitrogen and oxygen atoms in total. The van der Waals surface area contributed by atoms with Crippen LogP contribution in [0.3, 0.4) is 0 Å². The van der Waals surface area contributed by atoms with E-state index in [2.05, 4.69) is 0 Å². The lowest BCUT2D eigenvalue weighted by atomic mass is 10.4. The fourth-order valence-electron chi connectivity index (χ4n) is 1.39. The van der Waals surface area contributed by atoms with Gasteiger partial charge in [-0.2, -0.15) is 0 Å². The van der Waals surface area contributed by atoms with E-state index in [0.29, 0.717) is 0 Å². The Morgan fingerprint density at radius 1 is 1.39 bits per heavy atom. The molecule has 8 heteroatoms. The Balaban J connectivity index is 2.16. The summed E-state index contributed by atoms with van der Waals surface area (Å²) in [5.41, 5.74) is 0. The van der Waals surface area contributed by atoms with Crippen LogP contribution in [0.1, 0.15) is 6.42 Å². The number of benzene rings is 1. The second kappa shape index (κ2) is 4.56. The maximum Gasteiger partial charge on any atom is 0.264 e. The van der Waals surface area contributed by atoms with E-state index >= 15 is 0 Å². The van der Waals surface area contributed by atoms with Gasteiger partial charge in [-0.3, -0.25) is 4.79 Å². The predicted octanol–water partition coefficient (Wildman–Crippen LogP) is 2.34. The fourth-order valence-corrected chi connectivity index (χ4v) is 3.22. The van der Waals surface area contributed by atoms with E-state index in [1.165, 1.54) is 24.3 Å². The molecule has 1 saturated carbocycles. The number of carbonyl (C=O) groups excluding carboxylic acids is 1. The molecule has 0 radical (unpaired) electrons. The molecule has 1 aliphatic carbocycles. The number of carbonyl (C=O) groups is 1. The van der Waals surface area contributed by atoms with Gasteiger partial charge in [-0.25, -0.2) is 13.1 Å². The van der Waals surface area contributed by atoms with Crippen LogP contribution >= 0.6 is 34.8 Å². The highest BCUT2D eigenvalue weighted by Gasteiger charge is 2.57. The van der Waals surface area contributed by atoms with Crippen LogP contribution in [0.25, 0.3) is 0 Å². The molecule has 2 rings (SSSR count). The Kier molecular flexibility index (Phi) is 3.53. The second-order valence-electron chi connectivity index (χ2n) is 3.94. The van der Waals surface area contributed by atoms with Crippen molar-refractivity contribution < 1.29 is 13.2 Å². The van der Waals surface area contributed by atoms with Crippen molar-refractivity contribution in [3.8, 4) is 0 Å². The van der Waals surface area contributed by atoms with E-state index < -0.39 is 26.2 Å². The van der Waals surface area contributed by atoms with Crippen molar-refractivity contribution in [2.75, 3.05) is 0 Å². The molecule has 0 spiro atoms. The van der Waals surface area contributed by atoms with Gasteiger partial charge in [0.25, 0.3) is 10.0 Å². The molecule has 1 amide bonds. The molecular formula is C10H8Cl3NO3S. The SMILES string of the molecule is O=C(NS(=O)(=O)c1cccc(Cl)c1)C1CC1(Cl)Cl. The van der Waals surface area contributed by atoms with Gasteiger partial charge in [0.15, 0.2) is 0 Å². The fraction of sp³-hybridized carbons (Fsp3) is 0.300. The number of amides is 1. The first-order valence-electron chi connectivity index (χ1n) is 4.92. The van der Waals surface area contributed by atoms with Crippen LogP contribution in [-0.4, -0.2) is 18.7 Å². The highest BCUT2D eigenvalue weighted by molar-refractivity contribution is 7.90. The van der Waals surface area contributed by atoms with Crippen LogP contribution in [0.4, 0.5) is 0 Å². The highest BCUT2D eigenvalue weighted by Crippen LogP contribution is 2.53. The molecule has 0 heterocycles. The van der Waals surface area contributed by atoms with Gasteiger partial charge in [0, 0.05) is 5.02 Å². The molecule has 1 unspecified atom stereocenters. The summed E-state index contributed by atoms with van der Waals surface area (Å²) in [6.07, 6.45) is 0.243. The Bertz CT molecular complexity index is 600. The zero-order valence-electron chi connectivity index (χ0n) is 8.86. The molecule has 1 aromatic carbocycles. The quantitative estimate of drug-likeness (QED) is 0.866. The van der Waals surface area contributed by atoms with E-state index in [4.69, 9.17) is 34.8 Å². The Labute approximate surface area is 119 Å². The first-order valence-corrected chi connectivity index (χ1v) is 7.54. The summed E-state index contributed by atoms with van der Waals surface area (Å²) in [6.45, 7) is 0. The van der Waals surface area contributed by atoms with E-state index in [1.54, 1.807) is 0 Å². The molecule has 1 aromatic rings. The minimum Gasteiger partial charge on any atom is -0.274 e. The summed E-state index contributed by atoms with van der Waals surface area (Å²) in [4.78, 5) is 11.5. The Hall–Kier alpha value is -0.490. The molecule has 1 fully saturated rings. The largest absolute Gasteiger partial charge is 0.274 e. The van der Waals surface area contributed by atoms with Gasteiger partial charge in [0.2, 0.25) is 5.91 Å². The molecule has 0 saturated heterocycles. The van der Waals surface area contributed by atoms with Crippen molar-refractivity contribution in [3.05, 3.63) is 29.3 Å². The monoisotopic (exact) mass is 327 g/mol. The number of alkyl halides is 2.